The van der Waals surface area contributed by atoms with Gasteiger partial charge in [0.25, 0.3) is 0 Å². The molecule has 1 aromatic carbocycles. The minimum absolute atomic E-state index is 0.401. The van der Waals surface area contributed by atoms with Crippen LogP contribution in [0.15, 0.2) is 30.6 Å². The molecule has 108 valence electrons. The van der Waals surface area contributed by atoms with Crippen molar-refractivity contribution in [2.75, 3.05) is 12.3 Å². The van der Waals surface area contributed by atoms with Crippen molar-refractivity contribution in [3.05, 3.63) is 30.6 Å². The summed E-state index contributed by atoms with van der Waals surface area (Å²) in [7, 11) is 0. The van der Waals surface area contributed by atoms with Gasteiger partial charge in [0.15, 0.2) is 11.5 Å². The smallest absolute Gasteiger partial charge is 0.183 e. The van der Waals surface area contributed by atoms with Gasteiger partial charge in [-0.2, -0.15) is 0 Å². The first-order chi connectivity index (χ1) is 10.3. The van der Waals surface area contributed by atoms with E-state index in [4.69, 9.17) is 10.5 Å². The normalized spacial score (nSPS) is 10.9. The van der Waals surface area contributed by atoms with E-state index < -0.39 is 0 Å². The van der Waals surface area contributed by atoms with E-state index in [1.165, 1.54) is 6.33 Å². The van der Waals surface area contributed by atoms with Gasteiger partial charge in [-0.1, -0.05) is 13.3 Å². The highest BCUT2D eigenvalue weighted by Gasteiger charge is 2.09. The van der Waals surface area contributed by atoms with E-state index in [9.17, 15) is 0 Å². The largest absolute Gasteiger partial charge is 0.494 e. The summed E-state index contributed by atoms with van der Waals surface area (Å²) >= 11 is 0. The Labute approximate surface area is 122 Å². The lowest BCUT2D eigenvalue weighted by molar-refractivity contribution is 0.309. The first-order valence-electron chi connectivity index (χ1n) is 6.97. The van der Waals surface area contributed by atoms with Gasteiger partial charge in [-0.25, -0.2) is 15.0 Å². The Balaban J connectivity index is 1.83. The molecule has 0 saturated heterocycles. The molecule has 21 heavy (non-hydrogen) atoms. The van der Waals surface area contributed by atoms with Crippen LogP contribution in [-0.2, 0) is 0 Å². The van der Waals surface area contributed by atoms with E-state index in [0.29, 0.717) is 17.0 Å². The van der Waals surface area contributed by atoms with Crippen molar-refractivity contribution in [1.82, 2.24) is 19.9 Å². The Morgan fingerprint density at radius 2 is 2.00 bits per heavy atom. The second-order valence-electron chi connectivity index (χ2n) is 4.77. The summed E-state index contributed by atoms with van der Waals surface area (Å²) in [5, 5.41) is 0. The number of nitrogen functional groups attached to an aromatic ring is 1. The van der Waals surface area contributed by atoms with Crippen LogP contribution in [-0.4, -0.2) is 26.5 Å². The zero-order chi connectivity index (χ0) is 14.7. The van der Waals surface area contributed by atoms with E-state index >= 15 is 0 Å². The van der Waals surface area contributed by atoms with Crippen molar-refractivity contribution in [1.29, 1.82) is 0 Å². The van der Waals surface area contributed by atoms with Gasteiger partial charge >= 0.3 is 0 Å². The van der Waals surface area contributed by atoms with Crippen LogP contribution in [0.3, 0.4) is 0 Å². The monoisotopic (exact) mass is 283 g/mol. The van der Waals surface area contributed by atoms with Gasteiger partial charge < -0.3 is 15.5 Å². The molecule has 2 aromatic heterocycles. The molecule has 0 aliphatic rings. The maximum absolute atomic E-state index is 5.80. The number of unbranched alkanes of at least 4 members (excludes halogenated alkanes) is 1. The Bertz CT molecular complexity index is 735. The molecule has 0 unspecified atom stereocenters. The molecule has 6 nitrogen and oxygen atoms in total. The summed E-state index contributed by atoms with van der Waals surface area (Å²) in [6.07, 6.45) is 3.59. The lowest BCUT2D eigenvalue weighted by Crippen LogP contribution is -1.96. The number of ether oxygens (including phenoxy) is 1. The topological polar surface area (TPSA) is 89.7 Å². The number of nitrogens with two attached hydrogens (primary N) is 1. The van der Waals surface area contributed by atoms with Crippen LogP contribution < -0.4 is 10.5 Å². The number of hydrogen-bond acceptors (Lipinski definition) is 5. The van der Waals surface area contributed by atoms with Crippen LogP contribution in [0.1, 0.15) is 19.8 Å². The molecule has 0 bridgehead atoms. The third-order valence-corrected chi connectivity index (χ3v) is 3.21. The standard InChI is InChI=1S/C15H17N5O/c1-2-3-8-21-11-6-4-10(5-7-11)14-19-12-13(16)17-9-18-15(12)20-14/h4-7,9H,2-3,8H2,1H3,(H3,16,17,18,19,20). The molecule has 3 rings (SSSR count). The summed E-state index contributed by atoms with van der Waals surface area (Å²) < 4.78 is 5.64. The third-order valence-electron chi connectivity index (χ3n) is 3.21. The van der Waals surface area contributed by atoms with Crippen molar-refractivity contribution < 1.29 is 4.74 Å². The number of hydrogen-bond donors (Lipinski definition) is 2. The lowest BCUT2D eigenvalue weighted by atomic mass is 10.2. The highest BCUT2D eigenvalue weighted by molar-refractivity contribution is 5.84. The fourth-order valence-corrected chi connectivity index (χ4v) is 2.03. The maximum atomic E-state index is 5.80. The number of aromatic nitrogens is 4. The van der Waals surface area contributed by atoms with Crippen molar-refractivity contribution in [3.8, 4) is 17.1 Å². The number of benzene rings is 1. The minimum Gasteiger partial charge on any atom is -0.494 e. The molecule has 0 aliphatic carbocycles. The predicted octanol–water partition coefficient (Wildman–Crippen LogP) is 2.78. The number of rotatable bonds is 5. The van der Waals surface area contributed by atoms with E-state index in [2.05, 4.69) is 26.9 Å². The van der Waals surface area contributed by atoms with Crippen LogP contribution >= 0.6 is 0 Å². The molecule has 0 spiro atoms. The molecular weight excluding hydrogens is 266 g/mol. The minimum atomic E-state index is 0.401. The highest BCUT2D eigenvalue weighted by Crippen LogP contribution is 2.23. The van der Waals surface area contributed by atoms with Crippen molar-refractivity contribution in [2.45, 2.75) is 19.8 Å². The van der Waals surface area contributed by atoms with E-state index in [1.807, 2.05) is 24.3 Å². The summed E-state index contributed by atoms with van der Waals surface area (Å²) in [5.41, 5.74) is 7.98. The molecule has 3 N–H and O–H groups in total. The number of H-pyrrole nitrogens is 1. The summed E-state index contributed by atoms with van der Waals surface area (Å²) in [6.45, 7) is 2.88. The number of imidazole rings is 1. The summed E-state index contributed by atoms with van der Waals surface area (Å²) in [6, 6.07) is 7.80. The number of fused-ring (bicyclic) bond motifs is 1. The zero-order valence-corrected chi connectivity index (χ0v) is 11.8. The van der Waals surface area contributed by atoms with Gasteiger partial charge in [0.2, 0.25) is 0 Å². The van der Waals surface area contributed by atoms with Crippen LogP contribution in [0.5, 0.6) is 5.75 Å². The molecule has 0 atom stereocenters. The van der Waals surface area contributed by atoms with Crippen LogP contribution in [0, 0.1) is 0 Å². The number of nitrogens with one attached hydrogen (secondary N) is 1. The SMILES string of the molecule is CCCCOc1ccc(-c2nc3ncnc(N)c3[nH]2)cc1. The van der Waals surface area contributed by atoms with Crippen LogP contribution in [0.25, 0.3) is 22.6 Å². The number of anilines is 1. The van der Waals surface area contributed by atoms with E-state index in [0.717, 1.165) is 36.6 Å². The van der Waals surface area contributed by atoms with Crippen molar-refractivity contribution >= 4 is 17.0 Å². The molecule has 0 saturated carbocycles. The molecule has 6 heteroatoms. The molecule has 0 radical (unpaired) electrons. The third kappa shape index (κ3) is 2.79. The molecule has 0 aliphatic heterocycles. The zero-order valence-electron chi connectivity index (χ0n) is 11.8. The van der Waals surface area contributed by atoms with Crippen molar-refractivity contribution in [2.24, 2.45) is 0 Å². The summed E-state index contributed by atoms with van der Waals surface area (Å²) in [4.78, 5) is 15.6. The quantitative estimate of drug-likeness (QED) is 0.703. The van der Waals surface area contributed by atoms with Crippen LogP contribution in [0.4, 0.5) is 5.82 Å². The number of nitrogens with zero attached hydrogens (tertiary/aromatic N) is 3. The van der Waals surface area contributed by atoms with Gasteiger partial charge in [-0.15, -0.1) is 0 Å². The predicted molar refractivity (Wildman–Crippen MR) is 81.9 cm³/mol. The fourth-order valence-electron chi connectivity index (χ4n) is 2.03. The second kappa shape index (κ2) is 5.78. The maximum Gasteiger partial charge on any atom is 0.183 e. The first-order valence-corrected chi connectivity index (χ1v) is 6.97. The second-order valence-corrected chi connectivity index (χ2v) is 4.77. The molecule has 3 aromatic rings. The van der Waals surface area contributed by atoms with Gasteiger partial charge in [0, 0.05) is 5.56 Å². The Morgan fingerprint density at radius 3 is 2.71 bits per heavy atom. The fraction of sp³-hybridized carbons (Fsp3) is 0.267. The average Bonchev–Trinajstić information content (AvgIpc) is 2.94. The average molecular weight is 283 g/mol. The Morgan fingerprint density at radius 1 is 1.19 bits per heavy atom. The van der Waals surface area contributed by atoms with Crippen molar-refractivity contribution in [3.63, 3.8) is 0 Å². The lowest BCUT2D eigenvalue weighted by Gasteiger charge is -2.05. The van der Waals surface area contributed by atoms with E-state index in [1.54, 1.807) is 0 Å². The van der Waals surface area contributed by atoms with E-state index in [-0.39, 0.29) is 0 Å². The van der Waals surface area contributed by atoms with Gasteiger partial charge in [0.05, 0.1) is 6.61 Å². The molecule has 2 heterocycles. The molecule has 0 fully saturated rings. The molecule has 0 amide bonds. The highest BCUT2D eigenvalue weighted by atomic mass is 16.5. The van der Waals surface area contributed by atoms with Gasteiger partial charge in [-0.3, -0.25) is 0 Å². The molecular formula is C15H17N5O. The van der Waals surface area contributed by atoms with Crippen LogP contribution in [0.2, 0.25) is 0 Å². The Hall–Kier alpha value is -2.63. The first kappa shape index (κ1) is 13.4. The van der Waals surface area contributed by atoms with Gasteiger partial charge in [0.1, 0.15) is 23.4 Å². The summed E-state index contributed by atoms with van der Waals surface area (Å²) in [5.74, 6) is 1.98. The number of aromatic amines is 1. The Kier molecular flexibility index (Phi) is 3.68. The van der Waals surface area contributed by atoms with Gasteiger partial charge in [-0.05, 0) is 30.7 Å².